The molecule has 2 heteroatoms. The molecule has 1 aromatic rings. The largest absolute Gasteiger partial charge is 0.381 e. The fourth-order valence-electron chi connectivity index (χ4n) is 1.57. The summed E-state index contributed by atoms with van der Waals surface area (Å²) in [6.07, 6.45) is 1.87. The van der Waals surface area contributed by atoms with Crippen LogP contribution in [0.5, 0.6) is 0 Å². The third-order valence-corrected chi connectivity index (χ3v) is 2.42. The fourth-order valence-corrected chi connectivity index (χ4v) is 1.57. The molecule has 0 saturated carbocycles. The molecule has 0 amide bonds. The molecule has 0 aliphatic carbocycles. The van der Waals surface area contributed by atoms with E-state index in [9.17, 15) is 0 Å². The van der Waals surface area contributed by atoms with Gasteiger partial charge in [-0.3, -0.25) is 0 Å². The lowest BCUT2D eigenvalue weighted by atomic mass is 10.0. The third kappa shape index (κ3) is 5.89. The van der Waals surface area contributed by atoms with E-state index < -0.39 is 0 Å². The van der Waals surface area contributed by atoms with E-state index in [2.05, 4.69) is 38.1 Å². The van der Waals surface area contributed by atoms with Crippen molar-refractivity contribution in [2.45, 2.75) is 32.7 Å². The van der Waals surface area contributed by atoms with E-state index in [0.717, 1.165) is 26.1 Å². The van der Waals surface area contributed by atoms with E-state index in [1.165, 1.54) is 5.56 Å². The van der Waals surface area contributed by atoms with Crippen LogP contribution in [0.3, 0.4) is 0 Å². The molecular formula is C14H23NO. The smallest absolute Gasteiger partial charge is 0.0489 e. The van der Waals surface area contributed by atoms with Gasteiger partial charge in [-0.2, -0.15) is 0 Å². The molecule has 2 N–H and O–H groups in total. The molecule has 0 aromatic heterocycles. The maximum Gasteiger partial charge on any atom is 0.0489 e. The fraction of sp³-hybridized carbons (Fsp3) is 0.571. The Labute approximate surface area is 98.8 Å². The number of ether oxygens (including phenoxy) is 1. The quantitative estimate of drug-likeness (QED) is 0.718. The highest BCUT2D eigenvalue weighted by Gasteiger charge is 2.04. The van der Waals surface area contributed by atoms with E-state index in [4.69, 9.17) is 10.5 Å². The number of hydrogen-bond acceptors (Lipinski definition) is 2. The minimum Gasteiger partial charge on any atom is -0.381 e. The summed E-state index contributed by atoms with van der Waals surface area (Å²) in [5.74, 6) is 0.602. The molecule has 0 fully saturated rings. The predicted octanol–water partition coefficient (Wildman–Crippen LogP) is 2.62. The van der Waals surface area contributed by atoms with Crippen LogP contribution >= 0.6 is 0 Å². The first-order chi connectivity index (χ1) is 7.68. The third-order valence-electron chi connectivity index (χ3n) is 2.42. The van der Waals surface area contributed by atoms with Crippen LogP contribution in [0.1, 0.15) is 25.8 Å². The molecule has 0 radical (unpaired) electrons. The van der Waals surface area contributed by atoms with Crippen LogP contribution in [0.15, 0.2) is 30.3 Å². The first kappa shape index (κ1) is 13.2. The zero-order valence-electron chi connectivity index (χ0n) is 10.4. The number of nitrogens with two attached hydrogens (primary N) is 1. The minimum absolute atomic E-state index is 0.203. The Morgan fingerprint density at radius 2 is 1.88 bits per heavy atom. The molecule has 0 aliphatic rings. The van der Waals surface area contributed by atoms with Crippen molar-refractivity contribution in [1.29, 1.82) is 0 Å². The number of rotatable bonds is 7. The first-order valence-electron chi connectivity index (χ1n) is 6.05. The summed E-state index contributed by atoms with van der Waals surface area (Å²) in [5.41, 5.74) is 7.35. The van der Waals surface area contributed by atoms with Gasteiger partial charge in [-0.15, -0.1) is 0 Å². The van der Waals surface area contributed by atoms with Crippen LogP contribution in [0.2, 0.25) is 0 Å². The van der Waals surface area contributed by atoms with Gasteiger partial charge in [0.15, 0.2) is 0 Å². The molecule has 1 rings (SSSR count). The zero-order chi connectivity index (χ0) is 11.8. The summed E-state index contributed by atoms with van der Waals surface area (Å²) >= 11 is 0. The molecule has 0 bridgehead atoms. The van der Waals surface area contributed by atoms with E-state index in [1.54, 1.807) is 0 Å². The van der Waals surface area contributed by atoms with E-state index in [-0.39, 0.29) is 6.04 Å². The van der Waals surface area contributed by atoms with Gasteiger partial charge in [0.05, 0.1) is 0 Å². The lowest BCUT2D eigenvalue weighted by Crippen LogP contribution is -2.25. The summed E-state index contributed by atoms with van der Waals surface area (Å²) in [5, 5.41) is 0. The van der Waals surface area contributed by atoms with Crippen molar-refractivity contribution in [3.05, 3.63) is 35.9 Å². The Bertz CT molecular complexity index is 271. The van der Waals surface area contributed by atoms with Crippen LogP contribution in [0.25, 0.3) is 0 Å². The van der Waals surface area contributed by atoms with E-state index in [1.807, 2.05) is 6.07 Å². The summed E-state index contributed by atoms with van der Waals surface area (Å²) < 4.78 is 5.52. The van der Waals surface area contributed by atoms with Crippen LogP contribution < -0.4 is 5.73 Å². The lowest BCUT2D eigenvalue weighted by Gasteiger charge is -2.12. The van der Waals surface area contributed by atoms with Crippen LogP contribution in [-0.4, -0.2) is 19.3 Å². The van der Waals surface area contributed by atoms with Crippen molar-refractivity contribution < 1.29 is 4.74 Å². The Morgan fingerprint density at radius 3 is 2.50 bits per heavy atom. The highest BCUT2D eigenvalue weighted by molar-refractivity contribution is 5.15. The maximum atomic E-state index is 6.04. The normalized spacial score (nSPS) is 13.0. The Balaban J connectivity index is 2.14. The van der Waals surface area contributed by atoms with Crippen molar-refractivity contribution in [3.63, 3.8) is 0 Å². The molecule has 0 spiro atoms. The molecule has 1 aromatic carbocycles. The van der Waals surface area contributed by atoms with Gasteiger partial charge in [-0.25, -0.2) is 0 Å². The summed E-state index contributed by atoms with van der Waals surface area (Å²) in [4.78, 5) is 0. The van der Waals surface area contributed by atoms with E-state index >= 15 is 0 Å². The highest BCUT2D eigenvalue weighted by Crippen LogP contribution is 2.04. The van der Waals surface area contributed by atoms with Crippen molar-refractivity contribution >= 4 is 0 Å². The Morgan fingerprint density at radius 1 is 1.19 bits per heavy atom. The average Bonchev–Trinajstić information content (AvgIpc) is 2.25. The van der Waals surface area contributed by atoms with Gasteiger partial charge in [-0.1, -0.05) is 44.2 Å². The molecule has 2 nitrogen and oxygen atoms in total. The topological polar surface area (TPSA) is 35.2 Å². The van der Waals surface area contributed by atoms with Gasteiger partial charge >= 0.3 is 0 Å². The zero-order valence-corrected chi connectivity index (χ0v) is 10.4. The molecule has 0 aliphatic heterocycles. The van der Waals surface area contributed by atoms with Gasteiger partial charge in [-0.05, 0) is 24.3 Å². The van der Waals surface area contributed by atoms with E-state index in [0.29, 0.717) is 5.92 Å². The number of benzene rings is 1. The van der Waals surface area contributed by atoms with Crippen molar-refractivity contribution in [2.75, 3.05) is 13.2 Å². The predicted molar refractivity (Wildman–Crippen MR) is 68.4 cm³/mol. The Kier molecular flexibility index (Phi) is 6.12. The standard InChI is InChI=1S/C14H23NO/c1-12(2)11-16-9-8-14(15)10-13-6-4-3-5-7-13/h3-7,12,14H,8-11,15H2,1-2H3. The first-order valence-corrected chi connectivity index (χ1v) is 6.05. The second-order valence-electron chi connectivity index (χ2n) is 4.71. The molecule has 1 atom stereocenters. The Hall–Kier alpha value is -0.860. The van der Waals surface area contributed by atoms with Crippen LogP contribution in [0, 0.1) is 5.92 Å². The van der Waals surface area contributed by atoms with Gasteiger partial charge in [0.1, 0.15) is 0 Å². The SMILES string of the molecule is CC(C)COCCC(N)Cc1ccccc1. The van der Waals surface area contributed by atoms with Crippen molar-refractivity contribution in [1.82, 2.24) is 0 Å². The van der Waals surface area contributed by atoms with Crippen LogP contribution in [0.4, 0.5) is 0 Å². The van der Waals surface area contributed by atoms with Gasteiger partial charge in [0.2, 0.25) is 0 Å². The van der Waals surface area contributed by atoms with Crippen molar-refractivity contribution in [2.24, 2.45) is 11.7 Å². The monoisotopic (exact) mass is 221 g/mol. The van der Waals surface area contributed by atoms with Gasteiger partial charge in [0.25, 0.3) is 0 Å². The second-order valence-corrected chi connectivity index (χ2v) is 4.71. The summed E-state index contributed by atoms with van der Waals surface area (Å²) in [6, 6.07) is 10.6. The number of hydrogen-bond donors (Lipinski definition) is 1. The van der Waals surface area contributed by atoms with Gasteiger partial charge < -0.3 is 10.5 Å². The maximum absolute atomic E-state index is 6.04. The summed E-state index contributed by atoms with van der Waals surface area (Å²) in [7, 11) is 0. The molecule has 16 heavy (non-hydrogen) atoms. The molecular weight excluding hydrogens is 198 g/mol. The molecule has 0 saturated heterocycles. The minimum atomic E-state index is 0.203. The highest BCUT2D eigenvalue weighted by atomic mass is 16.5. The van der Waals surface area contributed by atoms with Crippen molar-refractivity contribution in [3.8, 4) is 0 Å². The molecule has 90 valence electrons. The second kappa shape index (κ2) is 7.42. The molecule has 1 unspecified atom stereocenters. The molecule has 0 heterocycles. The summed E-state index contributed by atoms with van der Waals surface area (Å²) in [6.45, 7) is 5.91. The lowest BCUT2D eigenvalue weighted by molar-refractivity contribution is 0.104. The van der Waals surface area contributed by atoms with Gasteiger partial charge in [0, 0.05) is 19.3 Å². The average molecular weight is 221 g/mol. The van der Waals surface area contributed by atoms with Crippen LogP contribution in [-0.2, 0) is 11.2 Å².